The second-order valence-corrected chi connectivity index (χ2v) is 8.24. The Kier molecular flexibility index (Phi) is 9.66. The number of carbonyl (C=O) groups is 2. The number of benzene rings is 2. The molecule has 1 aliphatic rings. The zero-order chi connectivity index (χ0) is 21.5. The van der Waals surface area contributed by atoms with Crippen LogP contribution < -0.4 is 0 Å². The highest BCUT2D eigenvalue weighted by molar-refractivity contribution is 5.95. The second-order valence-electron chi connectivity index (χ2n) is 8.24. The lowest BCUT2D eigenvalue weighted by atomic mass is 10.0. The molecule has 1 fully saturated rings. The minimum absolute atomic E-state index is 0. The molecule has 1 amide bonds. The number of hydrogen-bond donors (Lipinski definition) is 0. The summed E-state index contributed by atoms with van der Waals surface area (Å²) in [7, 11) is 0. The first-order chi connectivity index (χ1) is 14.4. The number of nitrogens with zero attached hydrogens (tertiary/aromatic N) is 2. The number of piperidine rings is 1. The molecule has 0 radical (unpaired) electrons. The normalized spacial score (nSPS) is 14.7. The number of amides is 1. The van der Waals surface area contributed by atoms with Crippen LogP contribution in [0.25, 0.3) is 0 Å². The van der Waals surface area contributed by atoms with Crippen LogP contribution in [0, 0.1) is 12.7 Å². The molecule has 4 nitrogen and oxygen atoms in total. The highest BCUT2D eigenvalue weighted by Gasteiger charge is 2.26. The number of likely N-dealkylation sites (tertiary alicyclic amines) is 1. The van der Waals surface area contributed by atoms with Crippen LogP contribution in [0.4, 0.5) is 4.39 Å². The molecule has 0 aliphatic carbocycles. The molecule has 0 unspecified atom stereocenters. The summed E-state index contributed by atoms with van der Waals surface area (Å²) in [5.74, 6) is -0.138. The van der Waals surface area contributed by atoms with Crippen LogP contribution in [0.5, 0.6) is 0 Å². The van der Waals surface area contributed by atoms with Gasteiger partial charge in [0.1, 0.15) is 5.82 Å². The van der Waals surface area contributed by atoms with Crippen LogP contribution in [0.1, 0.15) is 54.1 Å². The van der Waals surface area contributed by atoms with Crippen molar-refractivity contribution < 1.29 is 14.0 Å². The summed E-state index contributed by atoms with van der Waals surface area (Å²) >= 11 is 0. The molecular weight excluding hydrogens is 415 g/mol. The number of rotatable bonds is 8. The van der Waals surface area contributed by atoms with Gasteiger partial charge in [0.05, 0.1) is 0 Å². The average Bonchev–Trinajstić information content (AvgIpc) is 2.74. The van der Waals surface area contributed by atoms with Crippen molar-refractivity contribution in [2.75, 3.05) is 19.6 Å². The topological polar surface area (TPSA) is 40.6 Å². The highest BCUT2D eigenvalue weighted by Crippen LogP contribution is 2.20. The number of ketones is 1. The van der Waals surface area contributed by atoms with Crippen molar-refractivity contribution in [2.45, 2.75) is 52.1 Å². The second kappa shape index (κ2) is 12.0. The third-order valence-electron chi connectivity index (χ3n) is 5.92. The van der Waals surface area contributed by atoms with E-state index in [1.165, 1.54) is 17.7 Å². The van der Waals surface area contributed by atoms with Crippen LogP contribution in [0.2, 0.25) is 0 Å². The minimum atomic E-state index is -0.323. The molecule has 2 aromatic rings. The largest absolute Gasteiger partial charge is 0.336 e. The third kappa shape index (κ3) is 7.44. The van der Waals surface area contributed by atoms with Crippen molar-refractivity contribution in [1.82, 2.24) is 9.80 Å². The van der Waals surface area contributed by atoms with Gasteiger partial charge in [-0.1, -0.05) is 29.8 Å². The summed E-state index contributed by atoms with van der Waals surface area (Å²) in [4.78, 5) is 28.8. The number of Topliss-reactive ketones (excluding diaryl/α,β-unsaturated/α-hetero) is 1. The first-order valence-corrected chi connectivity index (χ1v) is 10.8. The zero-order valence-electron chi connectivity index (χ0n) is 18.4. The van der Waals surface area contributed by atoms with Gasteiger partial charge in [-0.3, -0.25) is 9.59 Å². The maximum atomic E-state index is 13.0. The van der Waals surface area contributed by atoms with Crippen LogP contribution in [-0.4, -0.2) is 47.2 Å². The fourth-order valence-electron chi connectivity index (χ4n) is 4.09. The average molecular weight is 447 g/mol. The summed E-state index contributed by atoms with van der Waals surface area (Å²) in [6.45, 7) is 7.13. The van der Waals surface area contributed by atoms with E-state index >= 15 is 0 Å². The number of aryl methyl sites for hydroxylation is 1. The molecule has 168 valence electrons. The van der Waals surface area contributed by atoms with Crippen molar-refractivity contribution >= 4 is 24.1 Å². The Hall–Kier alpha value is -2.24. The fourth-order valence-corrected chi connectivity index (χ4v) is 4.09. The molecule has 0 N–H and O–H groups in total. The fraction of sp³-hybridized carbons (Fsp3) is 0.440. The monoisotopic (exact) mass is 446 g/mol. The predicted octanol–water partition coefficient (Wildman–Crippen LogP) is 5.03. The molecular formula is C25H32ClFN2O2. The van der Waals surface area contributed by atoms with Gasteiger partial charge in [-0.25, -0.2) is 4.39 Å². The molecule has 1 heterocycles. The van der Waals surface area contributed by atoms with Crippen molar-refractivity contribution in [3.8, 4) is 0 Å². The quantitative estimate of drug-likeness (QED) is 0.534. The Labute approximate surface area is 190 Å². The minimum Gasteiger partial charge on any atom is -0.336 e. The van der Waals surface area contributed by atoms with Gasteiger partial charge in [-0.2, -0.15) is 0 Å². The van der Waals surface area contributed by atoms with E-state index in [2.05, 4.69) is 36.1 Å². The molecule has 0 saturated carbocycles. The van der Waals surface area contributed by atoms with Crippen LogP contribution in [0.3, 0.4) is 0 Å². The van der Waals surface area contributed by atoms with Gasteiger partial charge in [0.15, 0.2) is 5.78 Å². The summed E-state index contributed by atoms with van der Waals surface area (Å²) in [5, 5.41) is 0. The van der Waals surface area contributed by atoms with E-state index < -0.39 is 0 Å². The van der Waals surface area contributed by atoms with Crippen molar-refractivity contribution in [3.63, 3.8) is 0 Å². The van der Waals surface area contributed by atoms with Gasteiger partial charge >= 0.3 is 0 Å². The molecule has 6 heteroatoms. The van der Waals surface area contributed by atoms with E-state index in [1.807, 2.05) is 4.90 Å². The van der Waals surface area contributed by atoms with Gasteiger partial charge < -0.3 is 9.80 Å². The van der Waals surface area contributed by atoms with E-state index in [0.717, 1.165) is 44.5 Å². The Morgan fingerprint density at radius 2 is 1.65 bits per heavy atom. The maximum absolute atomic E-state index is 13.0. The molecule has 1 aliphatic heterocycles. The van der Waals surface area contributed by atoms with Crippen molar-refractivity contribution in [2.24, 2.45) is 0 Å². The van der Waals surface area contributed by atoms with Gasteiger partial charge in [-0.15, -0.1) is 12.4 Å². The Balaban J connectivity index is 0.00000341. The summed E-state index contributed by atoms with van der Waals surface area (Å²) in [6.07, 6.45) is 3.17. The predicted molar refractivity (Wildman–Crippen MR) is 124 cm³/mol. The van der Waals surface area contributed by atoms with Crippen LogP contribution in [-0.2, 0) is 11.3 Å². The first kappa shape index (κ1) is 25.0. The Morgan fingerprint density at radius 1 is 1.03 bits per heavy atom. The third-order valence-corrected chi connectivity index (χ3v) is 5.92. The highest BCUT2D eigenvalue weighted by atomic mass is 35.5. The number of halogens is 2. The molecule has 2 aromatic carbocycles. The lowest BCUT2D eigenvalue weighted by molar-refractivity contribution is -0.132. The van der Waals surface area contributed by atoms with E-state index in [-0.39, 0.29) is 36.0 Å². The standard InChI is InChI=1S/C25H31FN2O2.ClH/c1-19-5-7-21(8-6-19)18-28(20(2)29)24-13-16-27(17-14-24)15-3-4-25(30)22-9-11-23(26)12-10-22;/h5-12,24H,3-4,13-18H2,1-2H3;1H. The van der Waals surface area contributed by atoms with Crippen molar-refractivity contribution in [3.05, 3.63) is 71.0 Å². The smallest absolute Gasteiger partial charge is 0.219 e. The van der Waals surface area contributed by atoms with Gasteiger partial charge in [0.2, 0.25) is 5.91 Å². The maximum Gasteiger partial charge on any atom is 0.219 e. The van der Waals surface area contributed by atoms with Gasteiger partial charge in [0, 0.05) is 44.6 Å². The number of carbonyl (C=O) groups excluding carboxylic acids is 2. The molecule has 31 heavy (non-hydrogen) atoms. The summed E-state index contributed by atoms with van der Waals surface area (Å²) < 4.78 is 13.0. The first-order valence-electron chi connectivity index (χ1n) is 10.8. The lowest BCUT2D eigenvalue weighted by Crippen LogP contribution is -2.46. The molecule has 0 atom stereocenters. The zero-order valence-corrected chi connectivity index (χ0v) is 19.2. The van der Waals surface area contributed by atoms with Crippen LogP contribution >= 0.6 is 12.4 Å². The van der Waals surface area contributed by atoms with Crippen LogP contribution in [0.15, 0.2) is 48.5 Å². The molecule has 0 bridgehead atoms. The van der Waals surface area contributed by atoms with Gasteiger partial charge in [-0.05, 0) is 62.6 Å². The number of hydrogen-bond acceptors (Lipinski definition) is 3. The van der Waals surface area contributed by atoms with E-state index in [4.69, 9.17) is 0 Å². The Bertz CT molecular complexity index is 847. The van der Waals surface area contributed by atoms with E-state index in [9.17, 15) is 14.0 Å². The Morgan fingerprint density at radius 3 is 2.23 bits per heavy atom. The van der Waals surface area contributed by atoms with E-state index in [1.54, 1.807) is 19.1 Å². The molecule has 0 spiro atoms. The molecule has 1 saturated heterocycles. The summed E-state index contributed by atoms with van der Waals surface area (Å²) in [5.41, 5.74) is 2.96. The van der Waals surface area contributed by atoms with Gasteiger partial charge in [0.25, 0.3) is 0 Å². The summed E-state index contributed by atoms with van der Waals surface area (Å²) in [6, 6.07) is 14.4. The SMILES string of the molecule is CC(=O)N(Cc1ccc(C)cc1)C1CCN(CCCC(=O)c2ccc(F)cc2)CC1.Cl. The molecule has 0 aromatic heterocycles. The molecule has 3 rings (SSSR count). The van der Waals surface area contributed by atoms with Crippen molar-refractivity contribution in [1.29, 1.82) is 0 Å². The lowest BCUT2D eigenvalue weighted by Gasteiger charge is -2.38. The van der Waals surface area contributed by atoms with E-state index in [0.29, 0.717) is 18.5 Å².